The van der Waals surface area contributed by atoms with Gasteiger partial charge in [-0.1, -0.05) is 50.0 Å². The number of aliphatic hydroxyl groups excluding tert-OH is 1. The van der Waals surface area contributed by atoms with Gasteiger partial charge in [-0.05, 0) is 17.7 Å². The number of aromatic nitrogens is 2. The molecule has 1 atom stereocenters. The molecule has 5 heteroatoms. The Bertz CT molecular complexity index is 549. The van der Waals surface area contributed by atoms with Gasteiger partial charge < -0.3 is 9.84 Å². The summed E-state index contributed by atoms with van der Waals surface area (Å²) in [6.07, 6.45) is 1.16. The van der Waals surface area contributed by atoms with Crippen LogP contribution < -0.4 is 0 Å². The average Bonchev–Trinajstić information content (AvgIpc) is 2.91. The van der Waals surface area contributed by atoms with Gasteiger partial charge in [0.25, 0.3) is 0 Å². The van der Waals surface area contributed by atoms with Crippen molar-refractivity contribution in [2.75, 3.05) is 6.61 Å². The minimum absolute atomic E-state index is 0.436. The van der Waals surface area contributed by atoms with Crippen LogP contribution in [0.4, 0.5) is 0 Å². The maximum atomic E-state index is 10.3. The molecule has 0 bridgehead atoms. The second-order valence-corrected chi connectivity index (χ2v) is 12.1. The van der Waals surface area contributed by atoms with Crippen LogP contribution in [0.25, 0.3) is 0 Å². The highest BCUT2D eigenvalue weighted by atomic mass is 28.3. The van der Waals surface area contributed by atoms with Crippen LogP contribution in [0.2, 0.25) is 25.7 Å². The fourth-order valence-corrected chi connectivity index (χ4v) is 2.69. The first kappa shape index (κ1) is 15.9. The number of ether oxygens (including phenoxy) is 1. The van der Waals surface area contributed by atoms with E-state index in [2.05, 4.69) is 24.7 Å². The zero-order valence-electron chi connectivity index (χ0n) is 13.0. The van der Waals surface area contributed by atoms with Crippen molar-refractivity contribution in [1.29, 1.82) is 0 Å². The molecule has 0 aliphatic heterocycles. The van der Waals surface area contributed by atoms with E-state index in [4.69, 9.17) is 4.74 Å². The van der Waals surface area contributed by atoms with Crippen LogP contribution in [-0.2, 0) is 11.5 Å². The molecule has 0 amide bonds. The van der Waals surface area contributed by atoms with Gasteiger partial charge in [0.2, 0.25) is 0 Å². The van der Waals surface area contributed by atoms with Crippen molar-refractivity contribution in [2.24, 2.45) is 0 Å². The van der Waals surface area contributed by atoms with Gasteiger partial charge in [0.05, 0.1) is 5.69 Å². The zero-order chi connectivity index (χ0) is 15.3. The van der Waals surface area contributed by atoms with E-state index in [1.807, 2.05) is 42.6 Å². The molecule has 0 aliphatic rings. The number of benzene rings is 1. The molecule has 2 rings (SSSR count). The summed E-state index contributed by atoms with van der Waals surface area (Å²) < 4.78 is 7.38. The number of hydrogen-bond donors (Lipinski definition) is 1. The molecule has 0 saturated carbocycles. The lowest BCUT2D eigenvalue weighted by Gasteiger charge is -2.15. The highest BCUT2D eigenvalue weighted by molar-refractivity contribution is 6.76. The van der Waals surface area contributed by atoms with Crippen LogP contribution >= 0.6 is 0 Å². The topological polar surface area (TPSA) is 47.3 Å². The molecule has 4 nitrogen and oxygen atoms in total. The summed E-state index contributed by atoms with van der Waals surface area (Å²) in [5.41, 5.74) is 1.50. The third kappa shape index (κ3) is 5.11. The molecular weight excluding hydrogens is 280 g/mol. The number of aliphatic hydroxyl groups is 1. The second-order valence-electron chi connectivity index (χ2n) is 6.44. The minimum Gasteiger partial charge on any atom is -0.382 e. The summed E-state index contributed by atoms with van der Waals surface area (Å²) in [5, 5.41) is 14.6. The standard InChI is InChI=1S/C16H24N2O2Si/c1-21(2,3)12-11-20-13-18-10-9-15(17-18)16(19)14-7-5-4-6-8-14/h4-10,16,19H,11-13H2,1-3H3. The van der Waals surface area contributed by atoms with Gasteiger partial charge in [-0.2, -0.15) is 5.10 Å². The molecule has 1 unspecified atom stereocenters. The van der Waals surface area contributed by atoms with E-state index < -0.39 is 14.2 Å². The lowest BCUT2D eigenvalue weighted by atomic mass is 10.1. The normalized spacial score (nSPS) is 13.3. The fraction of sp³-hybridized carbons (Fsp3) is 0.438. The average molecular weight is 304 g/mol. The Labute approximate surface area is 127 Å². The molecule has 1 N–H and O–H groups in total. The van der Waals surface area contributed by atoms with Gasteiger partial charge in [0, 0.05) is 20.9 Å². The lowest BCUT2D eigenvalue weighted by Crippen LogP contribution is -2.22. The largest absolute Gasteiger partial charge is 0.382 e. The van der Waals surface area contributed by atoms with Gasteiger partial charge in [0.15, 0.2) is 0 Å². The van der Waals surface area contributed by atoms with E-state index in [9.17, 15) is 5.11 Å². The Morgan fingerprint density at radius 3 is 2.57 bits per heavy atom. The van der Waals surface area contributed by atoms with Crippen LogP contribution in [0, 0.1) is 0 Å². The quantitative estimate of drug-likeness (QED) is 0.631. The van der Waals surface area contributed by atoms with Crippen LogP contribution in [0.15, 0.2) is 42.6 Å². The van der Waals surface area contributed by atoms with Crippen LogP contribution in [0.1, 0.15) is 17.4 Å². The third-order valence-corrected chi connectivity index (χ3v) is 4.98. The van der Waals surface area contributed by atoms with Crippen molar-refractivity contribution in [3.05, 3.63) is 53.9 Å². The lowest BCUT2D eigenvalue weighted by molar-refractivity contribution is 0.0774. The fourth-order valence-electron chi connectivity index (χ4n) is 1.94. The predicted molar refractivity (Wildman–Crippen MR) is 86.8 cm³/mol. The molecule has 0 spiro atoms. The Morgan fingerprint density at radius 1 is 1.19 bits per heavy atom. The van der Waals surface area contributed by atoms with Gasteiger partial charge in [0.1, 0.15) is 12.8 Å². The molecule has 21 heavy (non-hydrogen) atoms. The Morgan fingerprint density at radius 2 is 1.90 bits per heavy atom. The monoisotopic (exact) mass is 304 g/mol. The molecule has 2 aromatic rings. The summed E-state index contributed by atoms with van der Waals surface area (Å²) in [6.45, 7) is 8.20. The van der Waals surface area contributed by atoms with Crippen LogP contribution in [-0.4, -0.2) is 29.6 Å². The summed E-state index contributed by atoms with van der Waals surface area (Å²) in [6, 6.07) is 12.5. The second kappa shape index (κ2) is 7.02. The van der Waals surface area contributed by atoms with Gasteiger partial charge in [-0.25, -0.2) is 4.68 Å². The number of nitrogens with zero attached hydrogens (tertiary/aromatic N) is 2. The first-order valence-electron chi connectivity index (χ1n) is 7.30. The first-order valence-corrected chi connectivity index (χ1v) is 11.0. The van der Waals surface area contributed by atoms with Crippen molar-refractivity contribution in [3.63, 3.8) is 0 Å². The van der Waals surface area contributed by atoms with Crippen molar-refractivity contribution in [3.8, 4) is 0 Å². The third-order valence-electron chi connectivity index (χ3n) is 3.28. The first-order chi connectivity index (χ1) is 9.96. The van der Waals surface area contributed by atoms with E-state index in [0.717, 1.165) is 18.2 Å². The Kier molecular flexibility index (Phi) is 5.33. The van der Waals surface area contributed by atoms with Crippen molar-refractivity contribution in [1.82, 2.24) is 9.78 Å². The van der Waals surface area contributed by atoms with Crippen molar-refractivity contribution >= 4 is 8.07 Å². The number of hydrogen-bond acceptors (Lipinski definition) is 3. The summed E-state index contributed by atoms with van der Waals surface area (Å²) in [7, 11) is -1.05. The zero-order valence-corrected chi connectivity index (χ0v) is 14.0. The molecule has 0 fully saturated rings. The van der Waals surface area contributed by atoms with Crippen LogP contribution in [0.3, 0.4) is 0 Å². The van der Waals surface area contributed by atoms with E-state index in [0.29, 0.717) is 12.4 Å². The summed E-state index contributed by atoms with van der Waals surface area (Å²) in [4.78, 5) is 0. The smallest absolute Gasteiger partial charge is 0.139 e. The predicted octanol–water partition coefficient (Wildman–Crippen LogP) is 3.28. The molecular formula is C16H24N2O2Si. The van der Waals surface area contributed by atoms with Crippen LogP contribution in [0.5, 0.6) is 0 Å². The highest BCUT2D eigenvalue weighted by Gasteiger charge is 2.14. The molecule has 1 heterocycles. The molecule has 114 valence electrons. The summed E-state index contributed by atoms with van der Waals surface area (Å²) in [5.74, 6) is 0. The van der Waals surface area contributed by atoms with E-state index >= 15 is 0 Å². The molecule has 1 aromatic carbocycles. The minimum atomic E-state index is -1.05. The van der Waals surface area contributed by atoms with Gasteiger partial charge in [-0.15, -0.1) is 0 Å². The Balaban J connectivity index is 1.87. The van der Waals surface area contributed by atoms with Gasteiger partial charge in [-0.3, -0.25) is 0 Å². The maximum Gasteiger partial charge on any atom is 0.139 e. The SMILES string of the molecule is C[Si](C)(C)CCOCn1ccc(C(O)c2ccccc2)n1. The molecule has 0 saturated heterocycles. The summed E-state index contributed by atoms with van der Waals surface area (Å²) >= 11 is 0. The van der Waals surface area contributed by atoms with E-state index in [1.54, 1.807) is 4.68 Å². The van der Waals surface area contributed by atoms with Crippen molar-refractivity contribution in [2.45, 2.75) is 38.5 Å². The molecule has 0 aliphatic carbocycles. The van der Waals surface area contributed by atoms with Gasteiger partial charge >= 0.3 is 0 Å². The number of rotatable bonds is 7. The molecule has 1 aromatic heterocycles. The van der Waals surface area contributed by atoms with E-state index in [1.165, 1.54) is 0 Å². The Hall–Kier alpha value is -1.43. The highest BCUT2D eigenvalue weighted by Crippen LogP contribution is 2.19. The molecule has 0 radical (unpaired) electrons. The van der Waals surface area contributed by atoms with E-state index in [-0.39, 0.29) is 0 Å². The maximum absolute atomic E-state index is 10.3. The van der Waals surface area contributed by atoms with Crippen molar-refractivity contribution < 1.29 is 9.84 Å².